The highest BCUT2D eigenvalue weighted by atomic mass is 16.2. The van der Waals surface area contributed by atoms with Crippen LogP contribution in [0.15, 0.2) is 70.3 Å². The zero-order valence-electron chi connectivity index (χ0n) is 18.7. The van der Waals surface area contributed by atoms with E-state index in [-0.39, 0.29) is 11.7 Å². The van der Waals surface area contributed by atoms with Crippen molar-refractivity contribution in [3.63, 3.8) is 0 Å². The number of ketones is 1. The second kappa shape index (κ2) is 12.4. The van der Waals surface area contributed by atoms with E-state index >= 15 is 0 Å². The third-order valence-corrected chi connectivity index (χ3v) is 5.04. The van der Waals surface area contributed by atoms with E-state index in [2.05, 4.69) is 22.5 Å². The highest BCUT2D eigenvalue weighted by Crippen LogP contribution is 2.27. The molecule has 2 aromatic rings. The molecule has 0 bridgehead atoms. The molecule has 0 saturated carbocycles. The van der Waals surface area contributed by atoms with E-state index in [1.807, 2.05) is 49.4 Å². The summed E-state index contributed by atoms with van der Waals surface area (Å²) in [6.07, 6.45) is 8.19. The molecule has 170 valence electrons. The van der Waals surface area contributed by atoms with Gasteiger partial charge in [-0.1, -0.05) is 43.0 Å². The molecule has 0 fully saturated rings. The average molecular weight is 437 g/mol. The number of nitrogens with one attached hydrogen (secondary N) is 3. The number of carbonyl (C=O) groups excluding carboxylic acids is 1. The molecule has 7 nitrogen and oxygen atoms in total. The van der Waals surface area contributed by atoms with Gasteiger partial charge in [-0.25, -0.2) is 0 Å². The standard InChI is InChI=1S/C25H32N4O3/c1-4-6-8-18(5-2)21(17(3)30)19-9-11-20(12-10-19)27-14-7-15-28-22-23(29-16-13-26)25(32)24(22)31/h4-6,8-12,21,27-29H,2,7,13-16,26H2,1,3H3/b6-4-,18-8+. The largest absolute Gasteiger partial charge is 0.385 e. The lowest BCUT2D eigenvalue weighted by atomic mass is 9.87. The molecule has 1 unspecified atom stereocenters. The molecular formula is C25H32N4O3. The van der Waals surface area contributed by atoms with Crippen LogP contribution in [0.4, 0.5) is 17.1 Å². The summed E-state index contributed by atoms with van der Waals surface area (Å²) in [7, 11) is 0. The third-order valence-electron chi connectivity index (χ3n) is 5.04. The highest BCUT2D eigenvalue weighted by Gasteiger charge is 2.20. The number of rotatable bonds is 14. The molecule has 2 aromatic carbocycles. The van der Waals surface area contributed by atoms with Crippen LogP contribution in [0.2, 0.25) is 0 Å². The molecule has 1 atom stereocenters. The van der Waals surface area contributed by atoms with Gasteiger partial charge in [-0.2, -0.15) is 0 Å². The minimum absolute atomic E-state index is 0.0612. The quantitative estimate of drug-likeness (QED) is 0.205. The van der Waals surface area contributed by atoms with Gasteiger partial charge >= 0.3 is 0 Å². The summed E-state index contributed by atoms with van der Waals surface area (Å²) in [4.78, 5) is 35.5. The van der Waals surface area contributed by atoms with Crippen molar-refractivity contribution in [1.82, 2.24) is 0 Å². The first-order valence-electron chi connectivity index (χ1n) is 10.7. The fourth-order valence-corrected chi connectivity index (χ4v) is 3.41. The molecule has 7 heteroatoms. The Morgan fingerprint density at radius 2 is 1.62 bits per heavy atom. The van der Waals surface area contributed by atoms with Crippen molar-refractivity contribution in [1.29, 1.82) is 0 Å². The van der Waals surface area contributed by atoms with Gasteiger partial charge in [-0.15, -0.1) is 0 Å². The average Bonchev–Trinajstić information content (AvgIpc) is 2.80. The zero-order valence-corrected chi connectivity index (χ0v) is 18.7. The number of hydrogen-bond acceptors (Lipinski definition) is 7. The number of anilines is 3. The number of benzene rings is 1. The predicted molar refractivity (Wildman–Crippen MR) is 133 cm³/mol. The van der Waals surface area contributed by atoms with Gasteiger partial charge < -0.3 is 21.7 Å². The molecule has 0 heterocycles. The Bertz CT molecular complexity index is 1040. The van der Waals surface area contributed by atoms with Gasteiger partial charge in [-0.3, -0.25) is 14.4 Å². The van der Waals surface area contributed by atoms with Crippen molar-refractivity contribution in [2.75, 3.05) is 42.1 Å². The van der Waals surface area contributed by atoms with Crippen molar-refractivity contribution in [3.8, 4) is 0 Å². The van der Waals surface area contributed by atoms with Gasteiger partial charge in [0.05, 0.1) is 5.92 Å². The van der Waals surface area contributed by atoms with Crippen molar-refractivity contribution < 1.29 is 4.79 Å². The Morgan fingerprint density at radius 3 is 2.16 bits per heavy atom. The number of nitrogens with two attached hydrogens (primary N) is 1. The van der Waals surface area contributed by atoms with Crippen LogP contribution in [0.3, 0.4) is 0 Å². The summed E-state index contributed by atoms with van der Waals surface area (Å²) in [5.41, 5.74) is 7.81. The normalized spacial score (nSPS) is 12.7. The molecule has 32 heavy (non-hydrogen) atoms. The number of allylic oxidation sites excluding steroid dienone is 5. The summed E-state index contributed by atoms with van der Waals surface area (Å²) in [6.45, 7) is 9.42. The van der Waals surface area contributed by atoms with Gasteiger partial charge in [0.1, 0.15) is 17.2 Å². The Kier molecular flexibility index (Phi) is 9.63. The van der Waals surface area contributed by atoms with E-state index in [1.54, 1.807) is 13.0 Å². The number of hydrogen-bond donors (Lipinski definition) is 4. The first-order chi connectivity index (χ1) is 15.4. The minimum atomic E-state index is -0.497. The molecule has 0 spiro atoms. The summed E-state index contributed by atoms with van der Waals surface area (Å²) in [6, 6.07) is 7.78. The first-order valence-corrected chi connectivity index (χ1v) is 10.7. The van der Waals surface area contributed by atoms with Gasteiger partial charge in [0.15, 0.2) is 0 Å². The van der Waals surface area contributed by atoms with E-state index in [0.29, 0.717) is 37.6 Å². The van der Waals surface area contributed by atoms with Crippen molar-refractivity contribution >= 4 is 22.8 Å². The molecule has 0 aliphatic heterocycles. The lowest BCUT2D eigenvalue weighted by molar-refractivity contribution is -0.117. The molecule has 2 rings (SSSR count). The van der Waals surface area contributed by atoms with Crippen LogP contribution in [0, 0.1) is 0 Å². The van der Waals surface area contributed by atoms with Crippen LogP contribution in [0.5, 0.6) is 0 Å². The van der Waals surface area contributed by atoms with Crippen molar-refractivity contribution in [3.05, 3.63) is 86.7 Å². The van der Waals surface area contributed by atoms with Crippen LogP contribution >= 0.6 is 0 Å². The second-order valence-electron chi connectivity index (χ2n) is 7.39. The fraction of sp³-hybridized carbons (Fsp3) is 0.320. The van der Waals surface area contributed by atoms with Gasteiger partial charge in [-0.05, 0) is 43.5 Å². The Morgan fingerprint density at radius 1 is 1.03 bits per heavy atom. The Labute approximate surface area is 188 Å². The first kappa shape index (κ1) is 24.8. The van der Waals surface area contributed by atoms with Crippen molar-refractivity contribution in [2.45, 2.75) is 26.2 Å². The van der Waals surface area contributed by atoms with Crippen LogP contribution < -0.4 is 32.5 Å². The van der Waals surface area contributed by atoms with E-state index in [0.717, 1.165) is 23.2 Å². The molecule has 5 N–H and O–H groups in total. The maximum Gasteiger partial charge on any atom is 0.253 e. The monoisotopic (exact) mass is 436 g/mol. The van der Waals surface area contributed by atoms with Gasteiger partial charge in [0.25, 0.3) is 10.9 Å². The van der Waals surface area contributed by atoms with E-state index in [9.17, 15) is 14.4 Å². The summed E-state index contributed by atoms with van der Waals surface area (Å²) < 4.78 is 0. The molecule has 0 aliphatic carbocycles. The third kappa shape index (κ3) is 6.28. The number of Topliss-reactive ketones (excluding diaryl/α,β-unsaturated/α-hetero) is 1. The second-order valence-corrected chi connectivity index (χ2v) is 7.39. The Hall–Kier alpha value is -3.45. The molecule has 0 aromatic heterocycles. The Balaban J connectivity index is 1.89. The predicted octanol–water partition coefficient (Wildman–Crippen LogP) is 2.93. The van der Waals surface area contributed by atoms with Crippen LogP contribution in [-0.4, -0.2) is 32.0 Å². The van der Waals surface area contributed by atoms with Gasteiger partial charge in [0, 0.05) is 31.9 Å². The van der Waals surface area contributed by atoms with E-state index in [1.165, 1.54) is 0 Å². The van der Waals surface area contributed by atoms with Crippen LogP contribution in [-0.2, 0) is 4.79 Å². The van der Waals surface area contributed by atoms with E-state index in [4.69, 9.17) is 5.73 Å². The minimum Gasteiger partial charge on any atom is -0.385 e. The van der Waals surface area contributed by atoms with Crippen LogP contribution in [0.25, 0.3) is 0 Å². The summed E-state index contributed by atoms with van der Waals surface area (Å²) in [5.74, 6) is -0.286. The van der Waals surface area contributed by atoms with Gasteiger partial charge in [0.2, 0.25) is 0 Å². The molecule has 0 aliphatic rings. The molecular weight excluding hydrogens is 404 g/mol. The fourth-order valence-electron chi connectivity index (χ4n) is 3.41. The SMILES string of the molecule is C=C/C(=C\C=C/C)C(C(C)=O)c1ccc(NCCCNc2c(NCCN)c(=O)c2=O)cc1. The smallest absolute Gasteiger partial charge is 0.253 e. The molecule has 0 amide bonds. The summed E-state index contributed by atoms with van der Waals surface area (Å²) >= 11 is 0. The highest BCUT2D eigenvalue weighted by molar-refractivity contribution is 5.87. The zero-order chi connectivity index (χ0) is 23.5. The topological polar surface area (TPSA) is 113 Å². The van der Waals surface area contributed by atoms with Crippen LogP contribution in [0.1, 0.15) is 31.7 Å². The number of carbonyl (C=O) groups is 1. The maximum atomic E-state index is 12.3. The van der Waals surface area contributed by atoms with E-state index < -0.39 is 10.9 Å². The summed E-state index contributed by atoms with van der Waals surface area (Å²) in [5, 5.41) is 9.23. The molecule has 0 saturated heterocycles. The lowest BCUT2D eigenvalue weighted by Gasteiger charge is -2.17. The molecule has 0 radical (unpaired) electrons. The van der Waals surface area contributed by atoms with Crippen molar-refractivity contribution in [2.24, 2.45) is 5.73 Å². The lowest BCUT2D eigenvalue weighted by Crippen LogP contribution is -2.38. The maximum absolute atomic E-state index is 12.3.